The van der Waals surface area contributed by atoms with E-state index in [9.17, 15) is 0 Å². The molecule has 2 rings (SSSR count). The van der Waals surface area contributed by atoms with Crippen LogP contribution in [0.4, 0.5) is 5.69 Å². The minimum Gasteiger partial charge on any atom is -0.495 e. The van der Waals surface area contributed by atoms with Crippen LogP contribution >= 0.6 is 12.2 Å². The van der Waals surface area contributed by atoms with Gasteiger partial charge in [-0.1, -0.05) is 38.3 Å². The summed E-state index contributed by atoms with van der Waals surface area (Å²) >= 11 is 5.53. The molecule has 5 heteroatoms. The summed E-state index contributed by atoms with van der Waals surface area (Å²) in [5.74, 6) is 0.942. The smallest absolute Gasteiger partial charge is 0.169 e. The van der Waals surface area contributed by atoms with Gasteiger partial charge in [0.05, 0.1) is 12.8 Å². The van der Waals surface area contributed by atoms with Gasteiger partial charge in [-0.15, -0.1) is 0 Å². The van der Waals surface area contributed by atoms with Crippen LogP contribution in [-0.2, 0) is 0 Å². The quantitative estimate of drug-likeness (QED) is 0.610. The maximum absolute atomic E-state index is 5.53. The van der Waals surface area contributed by atoms with E-state index >= 15 is 0 Å². The molecule has 0 spiro atoms. The monoisotopic (exact) mass is 335 g/mol. The molecule has 1 fully saturated rings. The molecule has 1 aliphatic heterocycles. The molecule has 1 aromatic carbocycles. The number of anilines is 1. The number of nitrogens with one attached hydrogen (secondary N) is 1. The summed E-state index contributed by atoms with van der Waals surface area (Å²) in [7, 11) is 1.73. The van der Waals surface area contributed by atoms with Gasteiger partial charge in [0.15, 0.2) is 5.11 Å². The van der Waals surface area contributed by atoms with E-state index in [-0.39, 0.29) is 0 Å². The Balaban J connectivity index is 1.76. The molecule has 0 radical (unpaired) electrons. The molecule has 0 aliphatic carbocycles. The van der Waals surface area contributed by atoms with Crippen LogP contribution in [-0.4, -0.2) is 49.8 Å². The molecule has 0 atom stereocenters. The maximum atomic E-state index is 5.53. The fourth-order valence-corrected chi connectivity index (χ4v) is 3.19. The van der Waals surface area contributed by atoms with Gasteiger partial charge in [-0.3, -0.25) is 0 Å². The number of unbranched alkanes of at least 4 members (excludes halogenated alkanes) is 3. The molecule has 4 nitrogen and oxygen atoms in total. The molecule has 1 heterocycles. The van der Waals surface area contributed by atoms with Crippen molar-refractivity contribution >= 4 is 23.0 Å². The summed E-state index contributed by atoms with van der Waals surface area (Å²) < 4.78 is 5.46. The Morgan fingerprint density at radius 2 is 1.87 bits per heavy atom. The van der Waals surface area contributed by atoms with Crippen LogP contribution < -0.4 is 15.0 Å². The SMILES string of the molecule is CCCCCCNC(=S)N1CCN(c2ccccc2OC)CC1. The summed E-state index contributed by atoms with van der Waals surface area (Å²) in [5.41, 5.74) is 1.17. The van der Waals surface area contributed by atoms with Gasteiger partial charge in [0, 0.05) is 32.7 Å². The van der Waals surface area contributed by atoms with Crippen molar-refractivity contribution in [2.45, 2.75) is 32.6 Å². The number of rotatable bonds is 7. The van der Waals surface area contributed by atoms with Crippen LogP contribution in [0.3, 0.4) is 0 Å². The highest BCUT2D eigenvalue weighted by molar-refractivity contribution is 7.80. The lowest BCUT2D eigenvalue weighted by atomic mass is 10.2. The van der Waals surface area contributed by atoms with Crippen molar-refractivity contribution < 1.29 is 4.74 Å². The van der Waals surface area contributed by atoms with Crippen molar-refractivity contribution in [1.82, 2.24) is 10.2 Å². The van der Waals surface area contributed by atoms with E-state index in [0.29, 0.717) is 0 Å². The van der Waals surface area contributed by atoms with Gasteiger partial charge in [0.2, 0.25) is 0 Å². The molecular formula is C18H29N3OS. The van der Waals surface area contributed by atoms with Crippen LogP contribution in [0, 0.1) is 0 Å². The van der Waals surface area contributed by atoms with Crippen LogP contribution in [0.2, 0.25) is 0 Å². The lowest BCUT2D eigenvalue weighted by Crippen LogP contribution is -2.51. The molecule has 0 bridgehead atoms. The number of hydrogen-bond acceptors (Lipinski definition) is 3. The van der Waals surface area contributed by atoms with Crippen LogP contribution in [0.1, 0.15) is 32.6 Å². The number of nitrogens with zero attached hydrogens (tertiary/aromatic N) is 2. The third-order valence-electron chi connectivity index (χ3n) is 4.30. The van der Waals surface area contributed by atoms with Gasteiger partial charge < -0.3 is 19.9 Å². The summed E-state index contributed by atoms with van der Waals surface area (Å²) in [6, 6.07) is 8.21. The van der Waals surface area contributed by atoms with Gasteiger partial charge in [0.25, 0.3) is 0 Å². The Bertz CT molecular complexity index is 487. The van der Waals surface area contributed by atoms with E-state index < -0.39 is 0 Å². The standard InChI is InChI=1S/C18H29N3OS/c1-3-4-5-8-11-19-18(23)21-14-12-20(13-15-21)16-9-6-7-10-17(16)22-2/h6-7,9-10H,3-5,8,11-15H2,1-2H3,(H,19,23). The number of piperazine rings is 1. The zero-order valence-corrected chi connectivity index (χ0v) is 15.2. The number of methoxy groups -OCH3 is 1. The normalized spacial score (nSPS) is 14.7. The minimum absolute atomic E-state index is 0.904. The third kappa shape index (κ3) is 5.27. The fraction of sp³-hybridized carbons (Fsp3) is 0.611. The van der Waals surface area contributed by atoms with E-state index in [1.54, 1.807) is 7.11 Å². The molecule has 0 saturated carbocycles. The first-order chi connectivity index (χ1) is 11.3. The Kier molecular flexibility index (Phi) is 7.46. The second-order valence-corrected chi connectivity index (χ2v) is 6.33. The van der Waals surface area contributed by atoms with Crippen molar-refractivity contribution in [3.8, 4) is 5.75 Å². The number of ether oxygens (including phenoxy) is 1. The Morgan fingerprint density at radius 1 is 1.13 bits per heavy atom. The number of benzene rings is 1. The highest BCUT2D eigenvalue weighted by atomic mass is 32.1. The molecule has 1 aliphatic rings. The van der Waals surface area contributed by atoms with Crippen LogP contribution in [0.25, 0.3) is 0 Å². The first-order valence-corrected chi connectivity index (χ1v) is 9.07. The molecule has 128 valence electrons. The number of para-hydroxylation sites is 2. The second kappa shape index (κ2) is 9.60. The van der Waals surface area contributed by atoms with Gasteiger partial charge >= 0.3 is 0 Å². The van der Waals surface area contributed by atoms with E-state index in [1.807, 2.05) is 12.1 Å². The zero-order valence-electron chi connectivity index (χ0n) is 14.4. The second-order valence-electron chi connectivity index (χ2n) is 5.94. The lowest BCUT2D eigenvalue weighted by Gasteiger charge is -2.37. The Morgan fingerprint density at radius 3 is 2.57 bits per heavy atom. The van der Waals surface area contributed by atoms with E-state index in [0.717, 1.165) is 43.6 Å². The predicted octanol–water partition coefficient (Wildman–Crippen LogP) is 3.27. The van der Waals surface area contributed by atoms with Crippen molar-refractivity contribution in [3.63, 3.8) is 0 Å². The third-order valence-corrected chi connectivity index (χ3v) is 4.70. The number of thiocarbonyl (C=S) groups is 1. The molecule has 0 amide bonds. The largest absolute Gasteiger partial charge is 0.495 e. The highest BCUT2D eigenvalue weighted by Gasteiger charge is 2.20. The number of hydrogen-bond donors (Lipinski definition) is 1. The molecule has 1 saturated heterocycles. The topological polar surface area (TPSA) is 27.7 Å². The van der Waals surface area contributed by atoms with Crippen molar-refractivity contribution in [2.24, 2.45) is 0 Å². The zero-order chi connectivity index (χ0) is 16.5. The average Bonchev–Trinajstić information content (AvgIpc) is 2.61. The molecule has 0 aromatic heterocycles. The summed E-state index contributed by atoms with van der Waals surface area (Å²) in [5, 5.41) is 4.31. The summed E-state index contributed by atoms with van der Waals surface area (Å²) in [4.78, 5) is 4.65. The van der Waals surface area contributed by atoms with Crippen LogP contribution in [0.15, 0.2) is 24.3 Å². The lowest BCUT2D eigenvalue weighted by molar-refractivity contribution is 0.373. The minimum atomic E-state index is 0.904. The van der Waals surface area contributed by atoms with E-state index in [4.69, 9.17) is 17.0 Å². The van der Waals surface area contributed by atoms with Gasteiger partial charge in [-0.25, -0.2) is 0 Å². The van der Waals surface area contributed by atoms with Gasteiger partial charge in [-0.2, -0.15) is 0 Å². The molecule has 1 N–H and O–H groups in total. The van der Waals surface area contributed by atoms with E-state index in [2.05, 4.69) is 34.2 Å². The van der Waals surface area contributed by atoms with Crippen molar-refractivity contribution in [1.29, 1.82) is 0 Å². The average molecular weight is 336 g/mol. The Labute approximate surface area is 145 Å². The van der Waals surface area contributed by atoms with Crippen molar-refractivity contribution in [2.75, 3.05) is 44.7 Å². The first-order valence-electron chi connectivity index (χ1n) is 8.67. The molecular weight excluding hydrogens is 306 g/mol. The predicted molar refractivity (Wildman–Crippen MR) is 102 cm³/mol. The van der Waals surface area contributed by atoms with Crippen LogP contribution in [0.5, 0.6) is 5.75 Å². The summed E-state index contributed by atoms with van der Waals surface area (Å²) in [6.45, 7) is 7.08. The fourth-order valence-electron chi connectivity index (χ4n) is 2.90. The molecule has 23 heavy (non-hydrogen) atoms. The molecule has 1 aromatic rings. The maximum Gasteiger partial charge on any atom is 0.169 e. The van der Waals surface area contributed by atoms with Crippen molar-refractivity contribution in [3.05, 3.63) is 24.3 Å². The first kappa shape index (κ1) is 17.9. The van der Waals surface area contributed by atoms with Gasteiger partial charge in [-0.05, 0) is 30.8 Å². The highest BCUT2D eigenvalue weighted by Crippen LogP contribution is 2.28. The summed E-state index contributed by atoms with van der Waals surface area (Å²) in [6.07, 6.45) is 5.07. The van der Waals surface area contributed by atoms with Gasteiger partial charge in [0.1, 0.15) is 5.75 Å². The molecule has 0 unspecified atom stereocenters. The van der Waals surface area contributed by atoms with E-state index in [1.165, 1.54) is 31.4 Å². The Hall–Kier alpha value is -1.49.